The van der Waals surface area contributed by atoms with Gasteiger partial charge in [0, 0.05) is 31.5 Å². The molecule has 0 radical (unpaired) electrons. The normalized spacial score (nSPS) is 19.2. The summed E-state index contributed by atoms with van der Waals surface area (Å²) in [5, 5.41) is 0.435. The molecule has 192 valence electrons. The van der Waals surface area contributed by atoms with Gasteiger partial charge in [-0.2, -0.15) is 4.31 Å². The molecule has 2 aliphatic heterocycles. The Hall–Kier alpha value is -2.38. The summed E-state index contributed by atoms with van der Waals surface area (Å²) in [6.45, 7) is 1.95. The van der Waals surface area contributed by atoms with Crippen LogP contribution >= 0.6 is 11.3 Å². The summed E-state index contributed by atoms with van der Waals surface area (Å²) in [6.07, 6.45) is 4.44. The quantitative estimate of drug-likeness (QED) is 0.444. The van der Waals surface area contributed by atoms with Gasteiger partial charge in [-0.25, -0.2) is 21.8 Å². The van der Waals surface area contributed by atoms with Gasteiger partial charge >= 0.3 is 0 Å². The van der Waals surface area contributed by atoms with Crippen LogP contribution in [0.1, 0.15) is 36.0 Å². The first-order chi connectivity index (χ1) is 17.1. The number of hydrogen-bond donors (Lipinski definition) is 0. The largest absolute Gasteiger partial charge is 0.376 e. The molecule has 3 heterocycles. The molecule has 1 aromatic heterocycles. The minimum Gasteiger partial charge on any atom is -0.376 e. The number of sulfone groups is 1. The number of carbonyl (C=O) groups excluding carboxylic acids is 1. The minimum absolute atomic E-state index is 0.137. The third kappa shape index (κ3) is 5.05. The number of anilines is 1. The Balaban J connectivity index is 1.47. The minimum atomic E-state index is -3.58. The molecule has 1 unspecified atom stereocenters. The van der Waals surface area contributed by atoms with Crippen molar-refractivity contribution in [2.24, 2.45) is 0 Å². The zero-order valence-corrected chi connectivity index (χ0v) is 22.2. The number of hydrogen-bond acceptors (Lipinski definition) is 8. The van der Waals surface area contributed by atoms with Crippen molar-refractivity contribution in [2.75, 3.05) is 37.4 Å². The molecule has 0 N–H and O–H groups in total. The number of carbonyl (C=O) groups is 1. The van der Waals surface area contributed by atoms with Crippen LogP contribution in [0.5, 0.6) is 0 Å². The number of fused-ring (bicyclic) bond motifs is 1. The molecular weight excluding hydrogens is 522 g/mol. The van der Waals surface area contributed by atoms with Crippen molar-refractivity contribution in [3.8, 4) is 0 Å². The Morgan fingerprint density at radius 2 is 1.75 bits per heavy atom. The number of sulfonamides is 1. The summed E-state index contributed by atoms with van der Waals surface area (Å²) < 4.78 is 57.6. The molecule has 0 aliphatic carbocycles. The maximum Gasteiger partial charge on any atom is 0.260 e. The average molecular weight is 550 g/mol. The lowest BCUT2D eigenvalue weighted by Gasteiger charge is -2.23. The highest BCUT2D eigenvalue weighted by Crippen LogP contribution is 2.32. The maximum absolute atomic E-state index is 13.6. The fourth-order valence-electron chi connectivity index (χ4n) is 4.48. The van der Waals surface area contributed by atoms with E-state index >= 15 is 0 Å². The summed E-state index contributed by atoms with van der Waals surface area (Å²) in [5.41, 5.74) is 0.934. The summed E-state index contributed by atoms with van der Waals surface area (Å²) in [4.78, 5) is 20.1. The average Bonchev–Trinajstić information content (AvgIpc) is 3.63. The maximum atomic E-state index is 13.6. The van der Waals surface area contributed by atoms with E-state index in [-0.39, 0.29) is 21.8 Å². The lowest BCUT2D eigenvalue weighted by atomic mass is 10.2. The Morgan fingerprint density at radius 1 is 1.06 bits per heavy atom. The van der Waals surface area contributed by atoms with Gasteiger partial charge < -0.3 is 4.74 Å². The highest BCUT2D eigenvalue weighted by molar-refractivity contribution is 7.90. The van der Waals surface area contributed by atoms with E-state index in [1.165, 1.54) is 46.0 Å². The second kappa shape index (κ2) is 9.82. The Morgan fingerprint density at radius 3 is 2.39 bits per heavy atom. The molecule has 36 heavy (non-hydrogen) atoms. The van der Waals surface area contributed by atoms with Crippen molar-refractivity contribution in [3.05, 3.63) is 48.0 Å². The molecule has 0 bridgehead atoms. The van der Waals surface area contributed by atoms with Crippen molar-refractivity contribution in [3.63, 3.8) is 0 Å². The standard InChI is InChI=1S/C24H27N3O6S3/c1-35(29,30)20-10-11-21-22(15-20)34-24(25-21)27(16-18-5-4-14-33-18)23(28)17-6-8-19(9-7-17)36(31,32)26-12-2-3-13-26/h6-11,15,18H,2-5,12-14,16H2,1H3. The molecule has 9 nitrogen and oxygen atoms in total. The number of nitrogens with zero attached hydrogens (tertiary/aromatic N) is 3. The van der Waals surface area contributed by atoms with Crippen molar-refractivity contribution < 1.29 is 26.4 Å². The molecule has 0 saturated carbocycles. The van der Waals surface area contributed by atoms with Crippen LogP contribution in [0.4, 0.5) is 5.13 Å². The number of aromatic nitrogens is 1. The zero-order valence-electron chi connectivity index (χ0n) is 19.8. The third-order valence-corrected chi connectivity index (χ3v) is 10.5. The van der Waals surface area contributed by atoms with Crippen LogP contribution in [0.2, 0.25) is 0 Å². The van der Waals surface area contributed by atoms with Gasteiger partial charge in [-0.1, -0.05) is 11.3 Å². The smallest absolute Gasteiger partial charge is 0.260 e. The molecule has 2 fully saturated rings. The summed E-state index contributed by atoms with van der Waals surface area (Å²) in [7, 11) is -6.96. The lowest BCUT2D eigenvalue weighted by Crippen LogP contribution is -2.37. The van der Waals surface area contributed by atoms with Gasteiger partial charge in [0.1, 0.15) is 0 Å². The van der Waals surface area contributed by atoms with Crippen LogP contribution in [0.15, 0.2) is 52.3 Å². The Labute approximate surface area is 214 Å². The third-order valence-electron chi connectivity index (χ3n) is 6.47. The van der Waals surface area contributed by atoms with Gasteiger partial charge in [-0.15, -0.1) is 0 Å². The van der Waals surface area contributed by atoms with Crippen LogP contribution in [-0.2, 0) is 24.6 Å². The van der Waals surface area contributed by atoms with Crippen molar-refractivity contribution in [1.29, 1.82) is 0 Å². The van der Waals surface area contributed by atoms with Gasteiger partial charge in [-0.3, -0.25) is 9.69 Å². The highest BCUT2D eigenvalue weighted by atomic mass is 32.2. The molecule has 12 heteroatoms. The predicted molar refractivity (Wildman–Crippen MR) is 138 cm³/mol. The highest BCUT2D eigenvalue weighted by Gasteiger charge is 2.29. The molecule has 1 amide bonds. The molecule has 5 rings (SSSR count). The van der Waals surface area contributed by atoms with Crippen LogP contribution in [0.25, 0.3) is 10.2 Å². The first-order valence-corrected chi connectivity index (χ1v) is 15.9. The Bertz CT molecular complexity index is 1490. The van der Waals surface area contributed by atoms with Gasteiger partial charge in [0.15, 0.2) is 15.0 Å². The van der Waals surface area contributed by atoms with E-state index in [4.69, 9.17) is 4.74 Å². The van der Waals surface area contributed by atoms with E-state index < -0.39 is 19.9 Å². The summed E-state index contributed by atoms with van der Waals surface area (Å²) in [5.74, 6) is -0.321. The van der Waals surface area contributed by atoms with E-state index in [9.17, 15) is 21.6 Å². The van der Waals surface area contributed by atoms with E-state index in [0.29, 0.717) is 47.2 Å². The van der Waals surface area contributed by atoms with Crippen molar-refractivity contribution in [2.45, 2.75) is 41.6 Å². The SMILES string of the molecule is CS(=O)(=O)c1ccc2nc(N(CC3CCCO3)C(=O)c3ccc(S(=O)(=O)N4CCCC4)cc3)sc2c1. The summed E-state index contributed by atoms with van der Waals surface area (Å²) in [6, 6.07) is 10.7. The first-order valence-electron chi connectivity index (χ1n) is 11.8. The van der Waals surface area contributed by atoms with Gasteiger partial charge in [0.25, 0.3) is 5.91 Å². The topological polar surface area (TPSA) is 114 Å². The first kappa shape index (κ1) is 25.3. The molecule has 1 atom stereocenters. The van der Waals surface area contributed by atoms with Crippen LogP contribution < -0.4 is 4.90 Å². The second-order valence-corrected chi connectivity index (χ2v) is 14.0. The molecule has 3 aromatic rings. The number of rotatable bonds is 7. The second-order valence-electron chi connectivity index (χ2n) is 9.08. The fraction of sp³-hybridized carbons (Fsp3) is 0.417. The molecule has 2 saturated heterocycles. The zero-order chi connectivity index (χ0) is 25.5. The fourth-order valence-corrected chi connectivity index (χ4v) is 7.73. The van der Waals surface area contributed by atoms with Crippen LogP contribution in [0, 0.1) is 0 Å². The van der Waals surface area contributed by atoms with E-state index in [2.05, 4.69) is 4.98 Å². The number of benzene rings is 2. The lowest BCUT2D eigenvalue weighted by molar-refractivity contribution is 0.0917. The number of amides is 1. The van der Waals surface area contributed by atoms with Gasteiger partial charge in [-0.05, 0) is 68.1 Å². The molecular formula is C24H27N3O6S3. The monoisotopic (exact) mass is 549 g/mol. The van der Waals surface area contributed by atoms with Gasteiger partial charge in [0.2, 0.25) is 10.0 Å². The number of ether oxygens (including phenoxy) is 1. The van der Waals surface area contributed by atoms with E-state index in [1.807, 2.05) is 0 Å². The molecule has 0 spiro atoms. The summed E-state index contributed by atoms with van der Waals surface area (Å²) >= 11 is 1.24. The predicted octanol–water partition coefficient (Wildman–Crippen LogP) is 3.31. The van der Waals surface area contributed by atoms with Gasteiger partial charge in [0.05, 0.1) is 32.7 Å². The van der Waals surface area contributed by atoms with E-state index in [1.54, 1.807) is 17.0 Å². The van der Waals surface area contributed by atoms with Crippen molar-refractivity contribution in [1.82, 2.24) is 9.29 Å². The Kier molecular flexibility index (Phi) is 6.90. The molecule has 2 aromatic carbocycles. The van der Waals surface area contributed by atoms with Crippen LogP contribution in [0.3, 0.4) is 0 Å². The van der Waals surface area contributed by atoms with Crippen LogP contribution in [-0.4, -0.2) is 70.6 Å². The number of thiazole rings is 1. The van der Waals surface area contributed by atoms with Crippen molar-refractivity contribution >= 4 is 52.5 Å². The van der Waals surface area contributed by atoms with E-state index in [0.717, 1.165) is 31.9 Å². The molecule has 2 aliphatic rings.